The number of thioether (sulfide) groups is 1. The second kappa shape index (κ2) is 9.62. The number of hydrogen-bond acceptors (Lipinski definition) is 5. The van der Waals surface area contributed by atoms with Crippen molar-refractivity contribution in [3.8, 4) is 12.1 Å². The third kappa shape index (κ3) is 5.19. The van der Waals surface area contributed by atoms with E-state index < -0.39 is 17.2 Å². The van der Waals surface area contributed by atoms with Crippen molar-refractivity contribution >= 4 is 23.6 Å². The lowest BCUT2D eigenvalue weighted by Crippen LogP contribution is -2.44. The molecule has 1 aliphatic rings. The van der Waals surface area contributed by atoms with Crippen LogP contribution in [0.1, 0.15) is 38.3 Å². The van der Waals surface area contributed by atoms with Crippen LogP contribution in [0.15, 0.2) is 34.9 Å². The van der Waals surface area contributed by atoms with Crippen molar-refractivity contribution in [2.45, 2.75) is 40.7 Å². The van der Waals surface area contributed by atoms with Gasteiger partial charge < -0.3 is 10.2 Å². The van der Waals surface area contributed by atoms with E-state index >= 15 is 0 Å². The molecule has 0 radical (unpaired) electrons. The molecule has 0 aliphatic carbocycles. The van der Waals surface area contributed by atoms with Crippen molar-refractivity contribution in [2.24, 2.45) is 11.3 Å². The summed E-state index contributed by atoms with van der Waals surface area (Å²) in [5.41, 5.74) is 1.66. The molecule has 1 aromatic rings. The van der Waals surface area contributed by atoms with Crippen LogP contribution in [0.4, 0.5) is 0 Å². The monoisotopic (exact) mass is 410 g/mol. The van der Waals surface area contributed by atoms with Crippen LogP contribution < -0.4 is 5.32 Å². The molecule has 2 rings (SSSR count). The number of amides is 2. The molecule has 0 unspecified atom stereocenters. The average molecular weight is 411 g/mol. The van der Waals surface area contributed by atoms with E-state index in [1.165, 1.54) is 5.56 Å². The molecule has 0 saturated carbocycles. The number of nitrogens with zero attached hydrogens (tertiary/aromatic N) is 3. The fraction of sp³-hybridized carbons (Fsp3) is 0.455. The molecule has 0 aromatic heterocycles. The van der Waals surface area contributed by atoms with Crippen LogP contribution in [0.3, 0.4) is 0 Å². The Labute approximate surface area is 176 Å². The van der Waals surface area contributed by atoms with Crippen LogP contribution in [0.5, 0.6) is 0 Å². The molecular formula is C22H26N4O2S. The van der Waals surface area contributed by atoms with Gasteiger partial charge in [-0.25, -0.2) is 0 Å². The van der Waals surface area contributed by atoms with Gasteiger partial charge in [-0.3, -0.25) is 9.59 Å². The highest BCUT2D eigenvalue weighted by molar-refractivity contribution is 8.03. The molecule has 29 heavy (non-hydrogen) atoms. The topological polar surface area (TPSA) is 97.0 Å². The molecule has 152 valence electrons. The van der Waals surface area contributed by atoms with Gasteiger partial charge in [0.1, 0.15) is 5.92 Å². The van der Waals surface area contributed by atoms with Crippen LogP contribution in [-0.2, 0) is 16.1 Å². The van der Waals surface area contributed by atoms with Crippen LogP contribution in [0.25, 0.3) is 0 Å². The smallest absolute Gasteiger partial charge is 0.243 e. The number of nitrogens with one attached hydrogen (secondary N) is 1. The van der Waals surface area contributed by atoms with E-state index in [0.29, 0.717) is 23.7 Å². The molecule has 1 atom stereocenters. The SMILES string of the molecule is CCCN(Cc1ccc(C)cc1)C(=O)CSC1=C(C#N)C(C)(C)[C@H](C#N)C(=O)N1. The van der Waals surface area contributed by atoms with Crippen LogP contribution in [0.2, 0.25) is 0 Å². The Bertz CT molecular complexity index is 891. The highest BCUT2D eigenvalue weighted by atomic mass is 32.2. The molecule has 1 aliphatic heterocycles. The van der Waals surface area contributed by atoms with Gasteiger partial charge in [-0.15, -0.1) is 0 Å². The Kier molecular flexibility index (Phi) is 7.47. The summed E-state index contributed by atoms with van der Waals surface area (Å²) >= 11 is 1.15. The van der Waals surface area contributed by atoms with E-state index in [1.54, 1.807) is 18.7 Å². The third-order valence-electron chi connectivity index (χ3n) is 5.01. The van der Waals surface area contributed by atoms with E-state index in [9.17, 15) is 20.1 Å². The standard InChI is InChI=1S/C22H26N4O2S/c1-5-10-26(13-16-8-6-15(2)7-9-16)19(27)14-29-21-18(12-24)22(3,4)17(11-23)20(28)25-21/h6-9,17H,5,10,13-14H2,1-4H3,(H,25,28)/t17-/m1/s1. The maximum Gasteiger partial charge on any atom is 0.243 e. The molecule has 0 spiro atoms. The first-order valence-electron chi connectivity index (χ1n) is 9.56. The van der Waals surface area contributed by atoms with Crippen molar-refractivity contribution in [3.63, 3.8) is 0 Å². The van der Waals surface area contributed by atoms with Gasteiger partial charge in [0, 0.05) is 18.5 Å². The first kappa shape index (κ1) is 22.5. The Morgan fingerprint density at radius 2 is 1.93 bits per heavy atom. The second-order valence-corrected chi connectivity index (χ2v) is 8.66. The minimum absolute atomic E-state index is 0.0586. The number of allylic oxidation sites excluding steroid dienone is 1. The normalized spacial score (nSPS) is 17.9. The summed E-state index contributed by atoms with van der Waals surface area (Å²) in [6.45, 7) is 8.61. The number of hydrogen-bond donors (Lipinski definition) is 1. The lowest BCUT2D eigenvalue weighted by atomic mass is 9.72. The zero-order valence-electron chi connectivity index (χ0n) is 17.3. The van der Waals surface area contributed by atoms with Crippen molar-refractivity contribution in [3.05, 3.63) is 46.0 Å². The number of carbonyl (C=O) groups is 2. The summed E-state index contributed by atoms with van der Waals surface area (Å²) in [4.78, 5) is 26.9. The number of carbonyl (C=O) groups excluding carboxylic acids is 2. The zero-order valence-corrected chi connectivity index (χ0v) is 18.1. The van der Waals surface area contributed by atoms with Gasteiger partial charge in [0.05, 0.1) is 28.5 Å². The van der Waals surface area contributed by atoms with Gasteiger partial charge in [0.2, 0.25) is 11.8 Å². The van der Waals surface area contributed by atoms with Crippen LogP contribution in [-0.4, -0.2) is 29.0 Å². The molecule has 0 fully saturated rings. The molecule has 7 heteroatoms. The largest absolute Gasteiger partial charge is 0.338 e. The van der Waals surface area contributed by atoms with E-state index in [1.807, 2.05) is 44.2 Å². The quantitative estimate of drug-likeness (QED) is 0.742. The van der Waals surface area contributed by atoms with Crippen molar-refractivity contribution in [2.75, 3.05) is 12.3 Å². The Hall–Kier alpha value is -2.77. The molecule has 1 aromatic carbocycles. The van der Waals surface area contributed by atoms with E-state index in [2.05, 4.69) is 11.4 Å². The van der Waals surface area contributed by atoms with E-state index in [-0.39, 0.29) is 11.7 Å². The number of nitriles is 2. The minimum Gasteiger partial charge on any atom is -0.338 e. The first-order chi connectivity index (χ1) is 13.7. The lowest BCUT2D eigenvalue weighted by molar-refractivity contribution is -0.129. The number of aryl methyl sites for hydroxylation is 1. The fourth-order valence-corrected chi connectivity index (χ4v) is 4.31. The summed E-state index contributed by atoms with van der Waals surface area (Å²) in [6.07, 6.45) is 0.835. The predicted molar refractivity (Wildman–Crippen MR) is 113 cm³/mol. The van der Waals surface area contributed by atoms with Crippen molar-refractivity contribution in [1.29, 1.82) is 10.5 Å². The average Bonchev–Trinajstić information content (AvgIpc) is 2.67. The summed E-state index contributed by atoms with van der Waals surface area (Å²) in [7, 11) is 0. The maximum absolute atomic E-state index is 12.8. The molecule has 1 N–H and O–H groups in total. The van der Waals surface area contributed by atoms with Gasteiger partial charge >= 0.3 is 0 Å². The summed E-state index contributed by atoms with van der Waals surface area (Å²) in [6, 6.07) is 12.2. The van der Waals surface area contributed by atoms with Gasteiger partial charge in [-0.05, 0) is 18.9 Å². The fourth-order valence-electron chi connectivity index (χ4n) is 3.24. The first-order valence-corrected chi connectivity index (χ1v) is 10.5. The molecule has 0 bridgehead atoms. The van der Waals surface area contributed by atoms with Crippen molar-refractivity contribution < 1.29 is 9.59 Å². The van der Waals surface area contributed by atoms with Gasteiger partial charge in [-0.1, -0.05) is 62.4 Å². The van der Waals surface area contributed by atoms with Crippen molar-refractivity contribution in [1.82, 2.24) is 10.2 Å². The highest BCUT2D eigenvalue weighted by Crippen LogP contribution is 2.41. The molecule has 6 nitrogen and oxygen atoms in total. The third-order valence-corrected chi connectivity index (χ3v) is 6.00. The Morgan fingerprint density at radius 1 is 1.28 bits per heavy atom. The minimum atomic E-state index is -0.935. The number of rotatable bonds is 7. The second-order valence-electron chi connectivity index (χ2n) is 7.68. The maximum atomic E-state index is 12.8. The van der Waals surface area contributed by atoms with Gasteiger partial charge in [0.15, 0.2) is 0 Å². The van der Waals surface area contributed by atoms with E-state index in [4.69, 9.17) is 0 Å². The molecule has 1 heterocycles. The van der Waals surface area contributed by atoms with E-state index in [0.717, 1.165) is 23.7 Å². The molecular weight excluding hydrogens is 384 g/mol. The summed E-state index contributed by atoms with van der Waals surface area (Å²) < 4.78 is 0. The summed E-state index contributed by atoms with van der Waals surface area (Å²) in [5.74, 6) is -1.32. The molecule has 0 saturated heterocycles. The highest BCUT2D eigenvalue weighted by Gasteiger charge is 2.44. The number of benzene rings is 1. The Morgan fingerprint density at radius 3 is 2.48 bits per heavy atom. The zero-order chi connectivity index (χ0) is 21.6. The predicted octanol–water partition coefficient (Wildman–Crippen LogP) is 3.50. The molecule has 2 amide bonds. The summed E-state index contributed by atoms with van der Waals surface area (Å²) in [5, 5.41) is 21.9. The van der Waals surface area contributed by atoms with Gasteiger partial charge in [-0.2, -0.15) is 10.5 Å². The lowest BCUT2D eigenvalue weighted by Gasteiger charge is -2.34. The Balaban J connectivity index is 2.15. The van der Waals surface area contributed by atoms with Crippen LogP contribution in [0, 0.1) is 40.9 Å². The van der Waals surface area contributed by atoms with Crippen LogP contribution >= 0.6 is 11.8 Å². The van der Waals surface area contributed by atoms with Gasteiger partial charge in [0.25, 0.3) is 0 Å².